The maximum Gasteiger partial charge on any atom is 0.161 e. The lowest BCUT2D eigenvalue weighted by molar-refractivity contribution is -0.0259. The van der Waals surface area contributed by atoms with E-state index in [4.69, 9.17) is 143 Å². The number of hydrogen-bond acceptors (Lipinski definition) is 20. The Hall–Kier alpha value is -6.30. The van der Waals surface area contributed by atoms with E-state index in [0.29, 0.717) is 46.8 Å². The maximum absolute atomic E-state index is 11.3. The molecule has 5 aromatic rings. The van der Waals surface area contributed by atoms with Gasteiger partial charge in [0.1, 0.15) is 0 Å². The molecular formula is C98H151N5O15. The fourth-order valence-corrected chi connectivity index (χ4v) is 14.5. The lowest BCUT2D eigenvalue weighted by atomic mass is 9.75. The minimum Gasteiger partial charge on any atom is -0.493 e. The minimum absolute atomic E-state index is 0.150. The Morgan fingerprint density at radius 3 is 0.864 bits per heavy atom. The summed E-state index contributed by atoms with van der Waals surface area (Å²) in [7, 11) is -6.40. The molecule has 5 N–H and O–H groups in total. The number of fused-ring (bicyclic) bond motifs is 15. The number of methoxy groups -OCH3 is 10. The van der Waals surface area contributed by atoms with Gasteiger partial charge in [0.25, 0.3) is 0 Å². The zero-order valence-electron chi connectivity index (χ0n) is 142. The van der Waals surface area contributed by atoms with E-state index in [0.717, 1.165) is 47.6 Å². The largest absolute Gasteiger partial charge is 0.493 e. The lowest BCUT2D eigenvalue weighted by Crippen LogP contribution is -2.48. The van der Waals surface area contributed by atoms with Gasteiger partial charge in [0.15, 0.2) is 57.5 Å². The average Bonchev–Trinajstić information content (AvgIpc) is 0.645. The Labute approximate surface area is 814 Å². The number of nitrogens with zero attached hydrogens (tertiary/aromatic N) is 5. The molecule has 5 fully saturated rings. The molecule has 0 radical (unpaired) electrons. The van der Waals surface area contributed by atoms with E-state index >= 15 is 0 Å². The molecular weight excluding hydrogens is 1490 g/mol. The van der Waals surface area contributed by atoms with Crippen molar-refractivity contribution >= 4 is 0 Å². The van der Waals surface area contributed by atoms with Crippen LogP contribution in [0.4, 0.5) is 0 Å². The van der Waals surface area contributed by atoms with Gasteiger partial charge in [-0.1, -0.05) is 89.6 Å². The Morgan fingerprint density at radius 1 is 0.364 bits per heavy atom. The first-order valence-corrected chi connectivity index (χ1v) is 37.3. The molecule has 15 rings (SSSR count). The van der Waals surface area contributed by atoms with Gasteiger partial charge in [0, 0.05) is 160 Å². The standard InChI is InChI=1S/3C20H31NO3.2C19H29NO3/c3*1-20(2,3)11-14-12-21-7-6-13-8-18(23-4)19(24-5)9-15(13)16(21)10-17(14)22;2*1-12(2)7-14-11-20-6-5-13-8-18(22-3)19(23-4)9-15(13)16(20)10-17(14)21/h3*8-9,14,16-17,22H,6-7,10-12H2,1-5H3;2*8-9,12,14,16-17,21H,5-7,10-11H2,1-4H3/i1D3,2D3,4D3,5D3,6D2,7D2,8D,9D,11D2,16D;1D3,2D3,5D3,6D2,7D2,8D,9D,11D2,16D;1D3,2D3,6D2,7D2,8D,9D,11D2,16D;5D2,6D2,8D,9D,10D2,14D,16D,17D;4D3,5D2,6D2,8D,9D,16D. The van der Waals surface area contributed by atoms with Crippen LogP contribution in [0.3, 0.4) is 0 Å². The maximum atomic E-state index is 11.3. The summed E-state index contributed by atoms with van der Waals surface area (Å²) >= 11 is 0. The monoisotopic (exact) mass is 1710 g/mol. The third kappa shape index (κ3) is 22.2. The van der Waals surface area contributed by atoms with Crippen molar-refractivity contribution in [2.45, 2.75) is 246 Å². The van der Waals surface area contributed by atoms with Gasteiger partial charge in [0.2, 0.25) is 0 Å². The van der Waals surface area contributed by atoms with Gasteiger partial charge in [-0.25, -0.2) is 0 Å². The molecule has 20 heteroatoms. The van der Waals surface area contributed by atoms with Crippen LogP contribution in [0.2, 0.25) is 0 Å². The molecule has 0 saturated carbocycles. The van der Waals surface area contributed by atoms with E-state index in [1.54, 1.807) is 13.8 Å². The van der Waals surface area contributed by atoms with Gasteiger partial charge in [-0.05, 0) is 270 Å². The van der Waals surface area contributed by atoms with E-state index < -0.39 is 473 Å². The van der Waals surface area contributed by atoms with Gasteiger partial charge >= 0.3 is 0 Å². The molecule has 20 nitrogen and oxygen atoms in total. The molecule has 15 atom stereocenters. The van der Waals surface area contributed by atoms with Crippen LogP contribution in [0.1, 0.15) is 342 Å². The van der Waals surface area contributed by atoms with Gasteiger partial charge in [-0.3, -0.25) is 24.5 Å². The molecule has 15 unspecified atom stereocenters. The van der Waals surface area contributed by atoms with Gasteiger partial charge in [-0.15, -0.1) is 0 Å². The Balaban J connectivity index is 0.000000223. The SMILES string of the molecule is [2H]c1c(OC([2H])([2H])[2H])c(OC([2H])([2H])[2H])c([2H])c2c1C1([2H])CC(O)C(C([2H])([2H])C(C)(C([2H])([2H])[2H])C([2H])([2H])[2H])CN1C([2H])([2H])C2([2H])[2H].[2H]c1c(OC([2H])([2H])[2H])c(OC)c([2H])c2c1C1([2H])CC(O)C(C([2H])([2H])C(C)(C([2H])([2H])[2H])C([2H])([2H])[2H])CN1C([2H])([2H])C2([2H])[2H].[2H]c1c(OC([2H])([2H])[2H])c(OC)c([2H])c2c1C1([2H])CC(O)C(CC(C)C)CN1C([2H])([2H])C2([2H])[2H].[2H]c1c(OC)c(OC)c([2H])c2c1C([2H])([2H])C([2H])([2H])N1CC([2H])(CC(C)C)C([2H])(O)C([2H])([2H])C21[2H].[2H]c1c(OC)c(OC)c([2H])c2c1C1([2H])CC(O)C(C([2H])([2H])C(C)(C([2H])([2H])[2H])C([2H])([2H])[2H])CN1C([2H])([2H])C2([2H])[2H]. The van der Waals surface area contributed by atoms with Crippen molar-refractivity contribution in [3.63, 3.8) is 0 Å². The van der Waals surface area contributed by atoms with Crippen LogP contribution in [0.5, 0.6) is 57.5 Å². The van der Waals surface area contributed by atoms with Gasteiger partial charge in [-0.2, -0.15) is 0 Å². The summed E-state index contributed by atoms with van der Waals surface area (Å²) in [6, 6.07) is -21.7. The molecule has 118 heavy (non-hydrogen) atoms. The topological polar surface area (TPSA) is 210 Å². The molecule has 0 aliphatic carbocycles. The molecule has 10 aliphatic rings. The molecule has 10 aliphatic heterocycles. The highest BCUT2D eigenvalue weighted by Crippen LogP contribution is 2.51. The summed E-state index contributed by atoms with van der Waals surface area (Å²) in [6.07, 6.45) is -42.6. The fourth-order valence-electron chi connectivity index (χ4n) is 14.5. The van der Waals surface area contributed by atoms with Gasteiger partial charge < -0.3 is 72.9 Å². The summed E-state index contributed by atoms with van der Waals surface area (Å²) in [5.74, 6) is -15.7. The third-order valence-corrected chi connectivity index (χ3v) is 19.7. The number of benzene rings is 5. The van der Waals surface area contributed by atoms with Crippen molar-refractivity contribution < 1.29 is 176 Å². The van der Waals surface area contributed by atoms with E-state index in [1.807, 2.05) is 13.8 Å². The van der Waals surface area contributed by atoms with Crippen molar-refractivity contribution in [3.8, 4) is 57.5 Å². The number of hydrogen-bond donors (Lipinski definition) is 5. The van der Waals surface area contributed by atoms with E-state index in [9.17, 15) is 32.4 Å². The number of ether oxygens (including phenoxy) is 10. The van der Waals surface area contributed by atoms with Crippen molar-refractivity contribution in [1.82, 2.24) is 24.5 Å². The second-order valence-corrected chi connectivity index (χ2v) is 30.1. The highest BCUT2D eigenvalue weighted by atomic mass is 16.5. The highest BCUT2D eigenvalue weighted by molar-refractivity contribution is 5.54. The van der Waals surface area contributed by atoms with Crippen LogP contribution < -0.4 is 47.4 Å². The van der Waals surface area contributed by atoms with Crippen LogP contribution >= 0.6 is 0 Å². The average molecular weight is 1710 g/mol. The zero-order chi connectivity index (χ0) is 151. The first kappa shape index (κ1) is 35.4. The Morgan fingerprint density at radius 2 is 0.602 bits per heavy atom. The molecule has 10 heterocycles. The first-order chi connectivity index (χ1) is 85.5. The Bertz CT molecular complexity index is 7660. The smallest absolute Gasteiger partial charge is 0.161 e. The van der Waals surface area contributed by atoms with Crippen molar-refractivity contribution in [2.24, 2.45) is 57.6 Å². The molecule has 5 aromatic carbocycles. The first-order valence-electron chi connectivity index (χ1n) is 74.8. The van der Waals surface area contributed by atoms with E-state index in [2.05, 4.69) is 0 Å². The van der Waals surface area contributed by atoms with Crippen molar-refractivity contribution in [3.05, 3.63) is 116 Å². The molecule has 0 spiro atoms. The number of aliphatic hydroxyl groups is 5. The molecule has 0 amide bonds. The van der Waals surface area contributed by atoms with Crippen LogP contribution in [0.15, 0.2) is 60.4 Å². The highest BCUT2D eigenvalue weighted by Gasteiger charge is 2.46. The number of piperidine rings is 5. The van der Waals surface area contributed by atoms with E-state index in [-0.39, 0.29) is 42.7 Å². The summed E-state index contributed by atoms with van der Waals surface area (Å²) in [6.45, 7) is -31.8. The lowest BCUT2D eigenvalue weighted by Gasteiger charge is -2.47. The summed E-state index contributed by atoms with van der Waals surface area (Å²) in [5, 5.41) is 55.7. The van der Waals surface area contributed by atoms with Crippen LogP contribution in [0.25, 0.3) is 0 Å². The van der Waals surface area contributed by atoms with Crippen molar-refractivity contribution in [1.29, 1.82) is 0 Å². The second kappa shape index (κ2) is 39.9. The predicted molar refractivity (Wildman–Crippen MR) is 470 cm³/mol. The summed E-state index contributed by atoms with van der Waals surface area (Å²) < 4.78 is 675. The van der Waals surface area contributed by atoms with Crippen LogP contribution in [-0.2, 0) is 31.9 Å². The molecule has 0 aromatic heterocycles. The van der Waals surface area contributed by atoms with E-state index in [1.165, 1.54) is 0 Å². The molecule has 5 saturated heterocycles. The number of rotatable bonds is 17. The normalized spacial score (nSPS) is 47.2. The fraction of sp³-hybridized carbons (Fsp3) is 0.694. The predicted octanol–water partition coefficient (Wildman–Crippen LogP) is 16.3. The van der Waals surface area contributed by atoms with Crippen LogP contribution in [-0.4, -0.2) is 217 Å². The molecule has 0 bridgehead atoms. The quantitative estimate of drug-likeness (QED) is 0.0586. The molecule has 658 valence electrons. The second-order valence-electron chi connectivity index (χ2n) is 30.1. The van der Waals surface area contributed by atoms with Crippen LogP contribution in [0, 0.1) is 57.6 Å². The number of aliphatic hydroxyl groups excluding tert-OH is 4. The van der Waals surface area contributed by atoms with Crippen molar-refractivity contribution in [2.75, 3.05) is 136 Å². The summed E-state index contributed by atoms with van der Waals surface area (Å²) in [5.41, 5.74) is -16.7. The van der Waals surface area contributed by atoms with Gasteiger partial charge in [0.05, 0.1) is 140 Å². The third-order valence-electron chi connectivity index (χ3n) is 19.7. The zero-order valence-corrected chi connectivity index (χ0v) is 67.1. The summed E-state index contributed by atoms with van der Waals surface area (Å²) in [4.78, 5) is 2.83. The minimum atomic E-state index is -3.52. The Kier molecular flexibility index (Phi) is 12.0.